The van der Waals surface area contributed by atoms with Crippen molar-refractivity contribution in [1.29, 1.82) is 0 Å². The molecule has 102 valence electrons. The standard InChI is InChI=1S/C13H21NO3S/c1-13(2)9(10(13)12(16)17)11(15)14-7-4-5-8(6-7)18-3/h7-10H,4-6H2,1-3H3,(H,14,15)(H,16,17)/t7?,8?,9-,10+/m1/s1. The van der Waals surface area contributed by atoms with E-state index in [1.807, 2.05) is 25.6 Å². The zero-order chi connectivity index (χ0) is 13.5. The predicted molar refractivity (Wildman–Crippen MR) is 71.5 cm³/mol. The van der Waals surface area contributed by atoms with Gasteiger partial charge in [-0.3, -0.25) is 9.59 Å². The monoisotopic (exact) mass is 271 g/mol. The minimum absolute atomic E-state index is 0.0702. The Labute approximate surface area is 112 Å². The average molecular weight is 271 g/mol. The zero-order valence-electron chi connectivity index (χ0n) is 11.1. The molecule has 0 spiro atoms. The van der Waals surface area contributed by atoms with Crippen LogP contribution in [0.3, 0.4) is 0 Å². The van der Waals surface area contributed by atoms with E-state index in [9.17, 15) is 9.59 Å². The largest absolute Gasteiger partial charge is 0.481 e. The van der Waals surface area contributed by atoms with Gasteiger partial charge >= 0.3 is 5.97 Å². The smallest absolute Gasteiger partial charge is 0.307 e. The highest BCUT2D eigenvalue weighted by Crippen LogP contribution is 2.58. The van der Waals surface area contributed by atoms with Crippen LogP contribution in [0.1, 0.15) is 33.1 Å². The molecule has 4 atom stereocenters. The van der Waals surface area contributed by atoms with Gasteiger partial charge in [0, 0.05) is 11.3 Å². The van der Waals surface area contributed by atoms with Crippen LogP contribution in [0.25, 0.3) is 0 Å². The van der Waals surface area contributed by atoms with Crippen LogP contribution in [0.2, 0.25) is 0 Å². The Morgan fingerprint density at radius 1 is 1.28 bits per heavy atom. The van der Waals surface area contributed by atoms with Gasteiger partial charge in [-0.15, -0.1) is 0 Å². The molecule has 2 unspecified atom stereocenters. The third kappa shape index (κ3) is 2.37. The molecule has 0 aromatic heterocycles. The Morgan fingerprint density at radius 2 is 1.94 bits per heavy atom. The molecular formula is C13H21NO3S. The van der Waals surface area contributed by atoms with E-state index in [-0.39, 0.29) is 17.9 Å². The molecule has 0 saturated heterocycles. The topological polar surface area (TPSA) is 66.4 Å². The van der Waals surface area contributed by atoms with E-state index in [2.05, 4.69) is 11.6 Å². The van der Waals surface area contributed by atoms with Crippen molar-refractivity contribution in [1.82, 2.24) is 5.32 Å². The molecule has 0 heterocycles. The quantitative estimate of drug-likeness (QED) is 0.817. The SMILES string of the molecule is CSC1CCC(NC(=O)[C@H]2[C@@H](C(=O)O)C2(C)C)C1. The summed E-state index contributed by atoms with van der Waals surface area (Å²) in [5.74, 6) is -1.80. The highest BCUT2D eigenvalue weighted by atomic mass is 32.2. The molecule has 4 nitrogen and oxygen atoms in total. The molecule has 2 fully saturated rings. The van der Waals surface area contributed by atoms with Crippen molar-refractivity contribution >= 4 is 23.6 Å². The number of hydrogen-bond acceptors (Lipinski definition) is 3. The molecule has 2 N–H and O–H groups in total. The maximum atomic E-state index is 12.1. The Hall–Kier alpha value is -0.710. The first-order valence-electron chi connectivity index (χ1n) is 6.44. The van der Waals surface area contributed by atoms with E-state index >= 15 is 0 Å². The fraction of sp³-hybridized carbons (Fsp3) is 0.846. The van der Waals surface area contributed by atoms with Gasteiger partial charge in [0.05, 0.1) is 11.8 Å². The number of carbonyl (C=O) groups excluding carboxylic acids is 1. The summed E-state index contributed by atoms with van der Waals surface area (Å²) in [5, 5.41) is 12.7. The second kappa shape index (κ2) is 4.76. The van der Waals surface area contributed by atoms with E-state index in [0.717, 1.165) is 19.3 Å². The van der Waals surface area contributed by atoms with Gasteiger partial charge in [-0.2, -0.15) is 11.8 Å². The zero-order valence-corrected chi connectivity index (χ0v) is 11.9. The van der Waals surface area contributed by atoms with E-state index in [0.29, 0.717) is 5.25 Å². The maximum Gasteiger partial charge on any atom is 0.307 e. The van der Waals surface area contributed by atoms with Crippen LogP contribution in [0.5, 0.6) is 0 Å². The Bertz CT molecular complexity index is 369. The minimum atomic E-state index is -0.853. The fourth-order valence-corrected chi connectivity index (χ4v) is 3.96. The van der Waals surface area contributed by atoms with Crippen LogP contribution in [0.15, 0.2) is 0 Å². The Kier molecular flexibility index (Phi) is 3.63. The first-order chi connectivity index (χ1) is 8.37. The lowest BCUT2D eigenvalue weighted by molar-refractivity contribution is -0.140. The molecule has 18 heavy (non-hydrogen) atoms. The van der Waals surface area contributed by atoms with Gasteiger partial charge in [-0.1, -0.05) is 13.8 Å². The van der Waals surface area contributed by atoms with Crippen molar-refractivity contribution in [3.8, 4) is 0 Å². The van der Waals surface area contributed by atoms with Crippen LogP contribution in [-0.4, -0.2) is 34.5 Å². The van der Waals surface area contributed by atoms with E-state index < -0.39 is 17.3 Å². The van der Waals surface area contributed by atoms with Gasteiger partial charge < -0.3 is 10.4 Å². The predicted octanol–water partition coefficient (Wildman–Crippen LogP) is 1.74. The molecule has 0 bridgehead atoms. The van der Waals surface area contributed by atoms with Crippen molar-refractivity contribution < 1.29 is 14.7 Å². The number of aliphatic carboxylic acids is 1. The molecular weight excluding hydrogens is 250 g/mol. The van der Waals surface area contributed by atoms with Crippen molar-refractivity contribution in [2.45, 2.75) is 44.4 Å². The molecule has 0 aromatic rings. The lowest BCUT2D eigenvalue weighted by Gasteiger charge is -2.13. The van der Waals surface area contributed by atoms with Crippen LogP contribution in [0, 0.1) is 17.3 Å². The average Bonchev–Trinajstić information content (AvgIpc) is 2.67. The minimum Gasteiger partial charge on any atom is -0.481 e. The number of carboxylic acid groups (broad SMARTS) is 1. The van der Waals surface area contributed by atoms with Crippen molar-refractivity contribution in [3.05, 3.63) is 0 Å². The number of rotatable bonds is 4. The highest BCUT2D eigenvalue weighted by molar-refractivity contribution is 7.99. The van der Waals surface area contributed by atoms with Gasteiger partial charge in [-0.25, -0.2) is 0 Å². The molecule has 2 saturated carbocycles. The van der Waals surface area contributed by atoms with Crippen molar-refractivity contribution in [3.63, 3.8) is 0 Å². The molecule has 0 aliphatic heterocycles. The van der Waals surface area contributed by atoms with Crippen molar-refractivity contribution in [2.24, 2.45) is 17.3 Å². The molecule has 0 radical (unpaired) electrons. The number of thioether (sulfide) groups is 1. The maximum absolute atomic E-state index is 12.1. The molecule has 2 aliphatic rings. The second-order valence-electron chi connectivity index (χ2n) is 5.99. The van der Waals surface area contributed by atoms with Gasteiger partial charge in [0.2, 0.25) is 5.91 Å². The number of nitrogens with one attached hydrogen (secondary N) is 1. The van der Waals surface area contributed by atoms with Gasteiger partial charge in [0.25, 0.3) is 0 Å². The molecule has 1 amide bonds. The molecule has 2 aliphatic carbocycles. The summed E-state index contributed by atoms with van der Waals surface area (Å²) in [5.41, 5.74) is -0.395. The van der Waals surface area contributed by atoms with E-state index in [1.54, 1.807) is 0 Å². The summed E-state index contributed by atoms with van der Waals surface area (Å²) in [6, 6.07) is 0.237. The van der Waals surface area contributed by atoms with Crippen molar-refractivity contribution in [2.75, 3.05) is 6.26 Å². The summed E-state index contributed by atoms with van der Waals surface area (Å²) < 4.78 is 0. The fourth-order valence-electron chi connectivity index (χ4n) is 3.16. The van der Waals surface area contributed by atoms with Gasteiger partial charge in [0.1, 0.15) is 0 Å². The highest BCUT2D eigenvalue weighted by Gasteiger charge is 2.66. The third-order valence-corrected chi connectivity index (χ3v) is 5.53. The van der Waals surface area contributed by atoms with Crippen LogP contribution < -0.4 is 5.32 Å². The van der Waals surface area contributed by atoms with Crippen LogP contribution >= 0.6 is 11.8 Å². The summed E-state index contributed by atoms with van der Waals surface area (Å²) in [4.78, 5) is 23.1. The summed E-state index contributed by atoms with van der Waals surface area (Å²) in [7, 11) is 0. The van der Waals surface area contributed by atoms with E-state index in [4.69, 9.17) is 5.11 Å². The van der Waals surface area contributed by atoms with Crippen LogP contribution in [-0.2, 0) is 9.59 Å². The normalized spacial score (nSPS) is 37.3. The third-order valence-electron chi connectivity index (χ3n) is 4.44. The number of amides is 1. The first-order valence-corrected chi connectivity index (χ1v) is 7.72. The Morgan fingerprint density at radius 3 is 2.39 bits per heavy atom. The van der Waals surface area contributed by atoms with E-state index in [1.165, 1.54) is 0 Å². The number of carbonyl (C=O) groups is 2. The lowest BCUT2D eigenvalue weighted by Crippen LogP contribution is -2.35. The van der Waals surface area contributed by atoms with Gasteiger partial charge in [-0.05, 0) is 30.9 Å². The summed E-state index contributed by atoms with van der Waals surface area (Å²) >= 11 is 1.85. The number of hydrogen-bond donors (Lipinski definition) is 2. The molecule has 0 aromatic carbocycles. The summed E-state index contributed by atoms with van der Waals surface area (Å²) in [6.07, 6.45) is 5.27. The van der Waals surface area contributed by atoms with Crippen LogP contribution in [0.4, 0.5) is 0 Å². The molecule has 2 rings (SSSR count). The number of carboxylic acids is 1. The van der Waals surface area contributed by atoms with Gasteiger partial charge in [0.15, 0.2) is 0 Å². The lowest BCUT2D eigenvalue weighted by atomic mass is 10.1. The second-order valence-corrected chi connectivity index (χ2v) is 7.13. The first kappa shape index (κ1) is 13.7. The molecule has 5 heteroatoms. The Balaban J connectivity index is 1.89. The summed E-state index contributed by atoms with van der Waals surface area (Å²) in [6.45, 7) is 3.71.